The third-order valence-electron chi connectivity index (χ3n) is 2.30. The lowest BCUT2D eigenvalue weighted by Gasteiger charge is -2.12. The average Bonchev–Trinajstić information content (AvgIpc) is 2.64. The monoisotopic (exact) mass is 276 g/mol. The summed E-state index contributed by atoms with van der Waals surface area (Å²) >= 11 is 5.20. The van der Waals surface area contributed by atoms with E-state index in [2.05, 4.69) is 53.0 Å². The number of rotatable bonds is 4. The van der Waals surface area contributed by atoms with Crippen LogP contribution in [0.25, 0.3) is 0 Å². The highest BCUT2D eigenvalue weighted by Crippen LogP contribution is 2.28. The van der Waals surface area contributed by atoms with Crippen LogP contribution >= 0.6 is 27.5 Å². The number of nitrogens with zero attached hydrogens (tertiary/aromatic N) is 2. The van der Waals surface area contributed by atoms with Gasteiger partial charge in [-0.1, -0.05) is 43.6 Å². The van der Waals surface area contributed by atoms with Gasteiger partial charge in [-0.25, -0.2) is 4.98 Å². The average molecular weight is 277 g/mol. The first kappa shape index (κ1) is 12.1. The quantitative estimate of drug-likeness (QED) is 0.779. The van der Waals surface area contributed by atoms with E-state index in [-0.39, 0.29) is 0 Å². The maximum absolute atomic E-state index is 4.56. The topological polar surface area (TPSA) is 25.8 Å². The predicted molar refractivity (Wildman–Crippen MR) is 65.4 cm³/mol. The molecule has 2 nitrogen and oxygen atoms in total. The molecule has 0 saturated heterocycles. The van der Waals surface area contributed by atoms with E-state index in [1.807, 2.05) is 0 Å². The maximum atomic E-state index is 4.56. The van der Waals surface area contributed by atoms with Crippen LogP contribution in [0.4, 0.5) is 0 Å². The van der Waals surface area contributed by atoms with Crippen molar-refractivity contribution in [3.8, 4) is 0 Å². The van der Waals surface area contributed by atoms with E-state index in [4.69, 9.17) is 0 Å². The van der Waals surface area contributed by atoms with Crippen LogP contribution in [0.5, 0.6) is 0 Å². The number of halogens is 1. The van der Waals surface area contributed by atoms with Crippen molar-refractivity contribution in [2.45, 2.75) is 50.8 Å². The minimum Gasteiger partial charge on any atom is -0.224 e. The van der Waals surface area contributed by atoms with Crippen molar-refractivity contribution < 1.29 is 0 Å². The molecule has 0 N–H and O–H groups in total. The number of alkyl halides is 1. The Kier molecular flexibility index (Phi) is 4.51. The summed E-state index contributed by atoms with van der Waals surface area (Å²) in [5.41, 5.74) is 0. The van der Waals surface area contributed by atoms with Crippen molar-refractivity contribution in [2.75, 3.05) is 0 Å². The summed E-state index contributed by atoms with van der Waals surface area (Å²) < 4.78 is 4.36. The van der Waals surface area contributed by atoms with Gasteiger partial charge < -0.3 is 0 Å². The van der Waals surface area contributed by atoms with E-state index in [9.17, 15) is 0 Å². The molecular formula is C10H17BrN2S. The third-order valence-corrected chi connectivity index (χ3v) is 4.66. The lowest BCUT2D eigenvalue weighted by molar-refractivity contribution is 0.680. The van der Waals surface area contributed by atoms with Crippen molar-refractivity contribution in [3.05, 3.63) is 10.8 Å². The molecule has 1 heterocycles. The van der Waals surface area contributed by atoms with Gasteiger partial charge in [0, 0.05) is 16.7 Å². The normalized spacial score (nSPS) is 15.9. The first-order chi connectivity index (χ1) is 6.56. The van der Waals surface area contributed by atoms with Crippen molar-refractivity contribution in [2.24, 2.45) is 0 Å². The van der Waals surface area contributed by atoms with Gasteiger partial charge in [0.25, 0.3) is 0 Å². The summed E-state index contributed by atoms with van der Waals surface area (Å²) in [4.78, 5) is 5.07. The molecule has 4 heteroatoms. The molecule has 14 heavy (non-hydrogen) atoms. The van der Waals surface area contributed by atoms with Crippen LogP contribution in [0.2, 0.25) is 0 Å². The van der Waals surface area contributed by atoms with E-state index in [1.165, 1.54) is 11.5 Å². The van der Waals surface area contributed by atoms with Crippen molar-refractivity contribution in [1.29, 1.82) is 0 Å². The zero-order valence-corrected chi connectivity index (χ0v) is 11.5. The first-order valence-corrected chi connectivity index (χ1v) is 6.72. The minimum atomic E-state index is 0.433. The SMILES string of the molecule is CCC(Br)C(C)c1nc(C(C)C)ns1. The zero-order chi connectivity index (χ0) is 10.7. The van der Waals surface area contributed by atoms with Gasteiger partial charge in [-0.15, -0.1) is 0 Å². The van der Waals surface area contributed by atoms with Crippen LogP contribution in [0, 0.1) is 0 Å². The standard InChI is InChI=1S/C10H17BrN2S/c1-5-8(11)7(4)10-12-9(6(2)3)13-14-10/h6-8H,5H2,1-4H3. The Morgan fingerprint density at radius 3 is 2.43 bits per heavy atom. The Bertz CT molecular complexity index is 285. The Morgan fingerprint density at radius 1 is 1.36 bits per heavy atom. The molecule has 0 radical (unpaired) electrons. The molecule has 0 fully saturated rings. The molecule has 1 rings (SSSR count). The van der Waals surface area contributed by atoms with Crippen LogP contribution in [-0.2, 0) is 0 Å². The van der Waals surface area contributed by atoms with Gasteiger partial charge in [0.05, 0.1) is 0 Å². The predicted octanol–water partition coefficient (Wildman–Crippen LogP) is 3.94. The summed E-state index contributed by atoms with van der Waals surface area (Å²) in [7, 11) is 0. The minimum absolute atomic E-state index is 0.433. The van der Waals surface area contributed by atoms with E-state index in [0.29, 0.717) is 16.7 Å². The molecule has 80 valence electrons. The maximum Gasteiger partial charge on any atom is 0.145 e. The van der Waals surface area contributed by atoms with Gasteiger partial charge in [0.1, 0.15) is 10.8 Å². The molecule has 0 saturated carbocycles. The smallest absolute Gasteiger partial charge is 0.145 e. The van der Waals surface area contributed by atoms with Crippen LogP contribution in [0.15, 0.2) is 0 Å². The van der Waals surface area contributed by atoms with Crippen LogP contribution < -0.4 is 0 Å². The van der Waals surface area contributed by atoms with Gasteiger partial charge in [0.15, 0.2) is 0 Å². The van der Waals surface area contributed by atoms with Crippen molar-refractivity contribution in [1.82, 2.24) is 9.36 Å². The van der Waals surface area contributed by atoms with E-state index in [0.717, 1.165) is 17.3 Å². The summed E-state index contributed by atoms with van der Waals surface area (Å²) in [6, 6.07) is 0. The molecule has 0 amide bonds. The molecular weight excluding hydrogens is 260 g/mol. The fraction of sp³-hybridized carbons (Fsp3) is 0.800. The molecule has 0 bridgehead atoms. The second-order valence-electron chi connectivity index (χ2n) is 3.86. The molecule has 1 aromatic heterocycles. The molecule has 2 unspecified atom stereocenters. The Balaban J connectivity index is 2.76. The van der Waals surface area contributed by atoms with Gasteiger partial charge in [0.2, 0.25) is 0 Å². The molecule has 0 spiro atoms. The van der Waals surface area contributed by atoms with E-state index < -0.39 is 0 Å². The zero-order valence-electron chi connectivity index (χ0n) is 9.12. The molecule has 1 aromatic rings. The van der Waals surface area contributed by atoms with Crippen LogP contribution in [0.1, 0.15) is 56.8 Å². The summed E-state index contributed by atoms with van der Waals surface area (Å²) in [6.07, 6.45) is 1.12. The van der Waals surface area contributed by atoms with E-state index in [1.54, 1.807) is 0 Å². The van der Waals surface area contributed by atoms with Gasteiger partial charge in [-0.05, 0) is 18.0 Å². The van der Waals surface area contributed by atoms with Gasteiger partial charge in [-0.3, -0.25) is 0 Å². The Labute approximate surface area is 98.4 Å². The highest BCUT2D eigenvalue weighted by Gasteiger charge is 2.19. The number of aromatic nitrogens is 2. The molecule has 0 aliphatic rings. The largest absolute Gasteiger partial charge is 0.224 e. The van der Waals surface area contributed by atoms with Gasteiger partial charge in [-0.2, -0.15) is 4.37 Å². The third kappa shape index (κ3) is 2.76. The lowest BCUT2D eigenvalue weighted by Crippen LogP contribution is -2.07. The molecule has 0 aliphatic heterocycles. The Morgan fingerprint density at radius 2 is 2.00 bits per heavy atom. The molecule has 2 atom stereocenters. The Hall–Kier alpha value is 0.0400. The fourth-order valence-electron chi connectivity index (χ4n) is 1.17. The highest BCUT2D eigenvalue weighted by atomic mass is 79.9. The number of hydrogen-bond donors (Lipinski definition) is 0. The number of hydrogen-bond acceptors (Lipinski definition) is 3. The molecule has 0 aliphatic carbocycles. The van der Waals surface area contributed by atoms with Crippen LogP contribution in [0.3, 0.4) is 0 Å². The van der Waals surface area contributed by atoms with Crippen LogP contribution in [-0.4, -0.2) is 14.2 Å². The van der Waals surface area contributed by atoms with Crippen molar-refractivity contribution >= 4 is 27.5 Å². The van der Waals surface area contributed by atoms with E-state index >= 15 is 0 Å². The summed E-state index contributed by atoms with van der Waals surface area (Å²) in [6.45, 7) is 8.64. The second-order valence-corrected chi connectivity index (χ2v) is 5.82. The first-order valence-electron chi connectivity index (χ1n) is 5.03. The highest BCUT2D eigenvalue weighted by molar-refractivity contribution is 9.09. The lowest BCUT2D eigenvalue weighted by atomic mass is 10.1. The molecule has 0 aromatic carbocycles. The van der Waals surface area contributed by atoms with Gasteiger partial charge >= 0.3 is 0 Å². The second kappa shape index (κ2) is 5.21. The van der Waals surface area contributed by atoms with Crippen molar-refractivity contribution in [3.63, 3.8) is 0 Å². The fourth-order valence-corrected chi connectivity index (χ4v) is 2.50. The summed E-state index contributed by atoms with van der Waals surface area (Å²) in [5, 5.41) is 1.15. The summed E-state index contributed by atoms with van der Waals surface area (Å²) in [5.74, 6) is 1.88.